The third kappa shape index (κ3) is 8.15. The number of hydrogen-bond acceptors (Lipinski definition) is 4. The Morgan fingerprint density at radius 2 is 1.49 bits per heavy atom. The number of halogens is 1. The van der Waals surface area contributed by atoms with E-state index in [9.17, 15) is 22.4 Å². The van der Waals surface area contributed by atoms with Crippen molar-refractivity contribution in [1.82, 2.24) is 10.2 Å². The Balaban J connectivity index is 2.01. The summed E-state index contributed by atoms with van der Waals surface area (Å²) in [6.07, 6.45) is 1.98. The zero-order valence-corrected chi connectivity index (χ0v) is 21.8. The van der Waals surface area contributed by atoms with E-state index in [1.54, 1.807) is 42.5 Å². The van der Waals surface area contributed by atoms with Crippen molar-refractivity contribution in [3.8, 4) is 0 Å². The van der Waals surface area contributed by atoms with Gasteiger partial charge in [0.1, 0.15) is 18.4 Å². The van der Waals surface area contributed by atoms with E-state index in [1.165, 1.54) is 17.0 Å². The van der Waals surface area contributed by atoms with Crippen LogP contribution >= 0.6 is 0 Å². The molecule has 1 N–H and O–H groups in total. The van der Waals surface area contributed by atoms with Gasteiger partial charge in [0.25, 0.3) is 0 Å². The largest absolute Gasteiger partial charge is 0.354 e. The highest BCUT2D eigenvalue weighted by molar-refractivity contribution is 7.92. The van der Waals surface area contributed by atoms with Gasteiger partial charge in [0.2, 0.25) is 21.8 Å². The summed E-state index contributed by atoms with van der Waals surface area (Å²) in [5.74, 6) is -1.31. The molecule has 3 rings (SSSR count). The van der Waals surface area contributed by atoms with Gasteiger partial charge in [-0.25, -0.2) is 12.8 Å². The van der Waals surface area contributed by atoms with Gasteiger partial charge in [-0.05, 0) is 41.8 Å². The molecule has 0 fully saturated rings. The van der Waals surface area contributed by atoms with Crippen molar-refractivity contribution in [2.24, 2.45) is 0 Å². The molecule has 7 nitrogen and oxygen atoms in total. The average molecular weight is 526 g/mol. The molecule has 0 saturated heterocycles. The molecule has 0 heterocycles. The van der Waals surface area contributed by atoms with Crippen LogP contribution in [0.5, 0.6) is 0 Å². The maximum atomic E-state index is 13.8. The average Bonchev–Trinajstić information content (AvgIpc) is 2.89. The van der Waals surface area contributed by atoms with Crippen molar-refractivity contribution in [2.75, 3.05) is 23.7 Å². The second-order valence-corrected chi connectivity index (χ2v) is 10.7. The predicted octanol–water partition coefficient (Wildman–Crippen LogP) is 3.76. The SMILES string of the molecule is CCCNC(=O)C(Cc1ccccc1)N(Cc1ccc(F)cc1)C(=O)CN(c1ccccc1)S(C)(=O)=O. The van der Waals surface area contributed by atoms with Crippen LogP contribution in [-0.2, 0) is 32.6 Å². The first-order valence-electron chi connectivity index (χ1n) is 12.1. The summed E-state index contributed by atoms with van der Waals surface area (Å²) >= 11 is 0. The number of carbonyl (C=O) groups excluding carboxylic acids is 2. The monoisotopic (exact) mass is 525 g/mol. The lowest BCUT2D eigenvalue weighted by molar-refractivity contribution is -0.140. The van der Waals surface area contributed by atoms with Crippen molar-refractivity contribution >= 4 is 27.5 Å². The molecule has 0 aliphatic heterocycles. The first kappa shape index (κ1) is 27.9. The Hall–Kier alpha value is -3.72. The number of nitrogens with one attached hydrogen (secondary N) is 1. The highest BCUT2D eigenvalue weighted by atomic mass is 32.2. The third-order valence-electron chi connectivity index (χ3n) is 5.81. The maximum absolute atomic E-state index is 13.8. The Morgan fingerprint density at radius 1 is 0.892 bits per heavy atom. The van der Waals surface area contributed by atoms with Crippen LogP contribution in [-0.4, -0.2) is 50.5 Å². The molecule has 2 amide bonds. The van der Waals surface area contributed by atoms with Crippen LogP contribution in [0.4, 0.5) is 10.1 Å². The van der Waals surface area contributed by atoms with Crippen LogP contribution in [0.3, 0.4) is 0 Å². The number of benzene rings is 3. The summed E-state index contributed by atoms with van der Waals surface area (Å²) in [6.45, 7) is 1.87. The molecule has 0 aliphatic rings. The van der Waals surface area contributed by atoms with Crippen molar-refractivity contribution < 1.29 is 22.4 Å². The molecule has 37 heavy (non-hydrogen) atoms. The van der Waals surface area contributed by atoms with Gasteiger partial charge in [-0.2, -0.15) is 0 Å². The molecule has 9 heteroatoms. The first-order chi connectivity index (χ1) is 17.7. The quantitative estimate of drug-likeness (QED) is 0.390. The van der Waals surface area contributed by atoms with E-state index in [-0.39, 0.29) is 18.9 Å². The molecular weight excluding hydrogens is 493 g/mol. The van der Waals surface area contributed by atoms with Crippen LogP contribution in [0.15, 0.2) is 84.9 Å². The van der Waals surface area contributed by atoms with Crippen molar-refractivity contribution in [1.29, 1.82) is 0 Å². The summed E-state index contributed by atoms with van der Waals surface area (Å²) in [6, 6.07) is 22.4. The van der Waals surface area contributed by atoms with Gasteiger partial charge in [0, 0.05) is 19.5 Å². The lowest BCUT2D eigenvalue weighted by Crippen LogP contribution is -2.53. The zero-order chi connectivity index (χ0) is 26.8. The van der Waals surface area contributed by atoms with Gasteiger partial charge >= 0.3 is 0 Å². The molecule has 0 aliphatic carbocycles. The highest BCUT2D eigenvalue weighted by Gasteiger charge is 2.32. The van der Waals surface area contributed by atoms with Crippen LogP contribution in [0.25, 0.3) is 0 Å². The van der Waals surface area contributed by atoms with E-state index in [4.69, 9.17) is 0 Å². The normalized spacial score (nSPS) is 12.0. The molecule has 0 bridgehead atoms. The Bertz CT molecular complexity index is 1270. The second-order valence-electron chi connectivity index (χ2n) is 8.75. The number of amides is 2. The minimum Gasteiger partial charge on any atom is -0.354 e. The van der Waals surface area contributed by atoms with E-state index in [0.717, 1.165) is 16.1 Å². The standard InChI is InChI=1S/C28H32FN3O4S/c1-3-18-30-28(34)26(19-22-10-6-4-7-11-22)31(20-23-14-16-24(29)17-15-23)27(33)21-32(37(2,35)36)25-12-8-5-9-13-25/h4-17,26H,3,18-21H2,1-2H3,(H,30,34). The molecule has 0 spiro atoms. The maximum Gasteiger partial charge on any atom is 0.244 e. The van der Waals surface area contributed by atoms with E-state index in [0.29, 0.717) is 24.2 Å². The summed E-state index contributed by atoms with van der Waals surface area (Å²) in [4.78, 5) is 28.6. The number of para-hydroxylation sites is 1. The Kier molecular flexibility index (Phi) is 9.79. The van der Waals surface area contributed by atoms with E-state index in [1.807, 2.05) is 37.3 Å². The highest BCUT2D eigenvalue weighted by Crippen LogP contribution is 2.20. The smallest absolute Gasteiger partial charge is 0.244 e. The zero-order valence-electron chi connectivity index (χ0n) is 21.0. The first-order valence-corrected chi connectivity index (χ1v) is 13.9. The van der Waals surface area contributed by atoms with Gasteiger partial charge < -0.3 is 10.2 Å². The number of hydrogen-bond donors (Lipinski definition) is 1. The minimum atomic E-state index is -3.81. The van der Waals surface area contributed by atoms with E-state index in [2.05, 4.69) is 5.32 Å². The van der Waals surface area contributed by atoms with E-state index < -0.39 is 34.3 Å². The molecule has 3 aromatic rings. The predicted molar refractivity (Wildman–Crippen MR) is 143 cm³/mol. The number of nitrogens with zero attached hydrogens (tertiary/aromatic N) is 2. The van der Waals surface area contributed by atoms with Crippen molar-refractivity contribution in [3.05, 3.63) is 102 Å². The topological polar surface area (TPSA) is 86.8 Å². The van der Waals surface area contributed by atoms with E-state index >= 15 is 0 Å². The molecule has 3 aromatic carbocycles. The number of rotatable bonds is 12. The number of sulfonamides is 1. The molecular formula is C28H32FN3O4S. The third-order valence-corrected chi connectivity index (χ3v) is 6.95. The van der Waals surface area contributed by atoms with Crippen LogP contribution in [0, 0.1) is 5.82 Å². The van der Waals surface area contributed by atoms with Gasteiger partial charge in [0.05, 0.1) is 11.9 Å². The van der Waals surface area contributed by atoms with Crippen molar-refractivity contribution in [3.63, 3.8) is 0 Å². The summed E-state index contributed by atoms with van der Waals surface area (Å²) in [5.41, 5.74) is 1.80. The molecule has 0 saturated carbocycles. The van der Waals surface area contributed by atoms with Gasteiger partial charge in [0.15, 0.2) is 0 Å². The second kappa shape index (κ2) is 13.0. The number of carbonyl (C=O) groups is 2. The van der Waals surface area contributed by atoms with Gasteiger partial charge in [-0.3, -0.25) is 13.9 Å². The fraction of sp³-hybridized carbons (Fsp3) is 0.286. The molecule has 0 aromatic heterocycles. The fourth-order valence-corrected chi connectivity index (χ4v) is 4.76. The molecule has 1 atom stereocenters. The summed E-state index contributed by atoms with van der Waals surface area (Å²) < 4.78 is 39.9. The summed E-state index contributed by atoms with van der Waals surface area (Å²) in [7, 11) is -3.81. The number of anilines is 1. The molecule has 1 unspecified atom stereocenters. The summed E-state index contributed by atoms with van der Waals surface area (Å²) in [5, 5.41) is 2.87. The fourth-order valence-electron chi connectivity index (χ4n) is 3.91. The van der Waals surface area contributed by atoms with Crippen LogP contribution in [0.2, 0.25) is 0 Å². The molecule has 0 radical (unpaired) electrons. The van der Waals surface area contributed by atoms with Gasteiger partial charge in [-0.1, -0.05) is 67.6 Å². The Morgan fingerprint density at radius 3 is 2.05 bits per heavy atom. The van der Waals surface area contributed by atoms with Crippen LogP contribution < -0.4 is 9.62 Å². The lowest BCUT2D eigenvalue weighted by atomic mass is 10.0. The lowest BCUT2D eigenvalue weighted by Gasteiger charge is -2.33. The minimum absolute atomic E-state index is 0.00253. The van der Waals surface area contributed by atoms with Crippen molar-refractivity contribution in [2.45, 2.75) is 32.4 Å². The van der Waals surface area contributed by atoms with Crippen LogP contribution in [0.1, 0.15) is 24.5 Å². The molecule has 196 valence electrons. The Labute approximate surface area is 218 Å². The van der Waals surface area contributed by atoms with Gasteiger partial charge in [-0.15, -0.1) is 0 Å².